The monoisotopic (exact) mass is 240 g/mol. The molecule has 0 aliphatic rings. The first-order valence-corrected chi connectivity index (χ1v) is 5.58. The molecular formula is C10H13ClN4O. The molecule has 16 heavy (non-hydrogen) atoms. The maximum absolute atomic E-state index is 8.73. The molecule has 0 aliphatic heterocycles. The van der Waals surface area contributed by atoms with Crippen molar-refractivity contribution in [2.24, 2.45) is 0 Å². The highest BCUT2D eigenvalue weighted by Crippen LogP contribution is 2.13. The Morgan fingerprint density at radius 2 is 2.19 bits per heavy atom. The molecule has 0 amide bonds. The van der Waals surface area contributed by atoms with Crippen LogP contribution in [-0.4, -0.2) is 31.3 Å². The van der Waals surface area contributed by atoms with E-state index in [-0.39, 0.29) is 6.61 Å². The fourth-order valence-corrected chi connectivity index (χ4v) is 1.90. The van der Waals surface area contributed by atoms with Gasteiger partial charge in [-0.2, -0.15) is 0 Å². The Bertz CT molecular complexity index is 497. The Hall–Kier alpha value is -1.20. The van der Waals surface area contributed by atoms with E-state index in [2.05, 4.69) is 15.2 Å². The van der Waals surface area contributed by atoms with Gasteiger partial charge in [0.25, 0.3) is 0 Å². The third-order valence-electron chi connectivity index (χ3n) is 2.40. The number of hydrogen-bond donors (Lipinski definition) is 1. The van der Waals surface area contributed by atoms with E-state index in [0.717, 1.165) is 36.6 Å². The molecule has 0 aromatic carbocycles. The Morgan fingerprint density at radius 3 is 2.94 bits per heavy atom. The van der Waals surface area contributed by atoms with E-state index in [4.69, 9.17) is 16.7 Å². The molecule has 5 nitrogen and oxygen atoms in total. The number of rotatable bonds is 4. The second kappa shape index (κ2) is 4.76. The van der Waals surface area contributed by atoms with Gasteiger partial charge in [0, 0.05) is 19.1 Å². The molecule has 0 aliphatic carbocycles. The number of hydrogen-bond acceptors (Lipinski definition) is 4. The lowest BCUT2D eigenvalue weighted by molar-refractivity contribution is 0.284. The first-order chi connectivity index (χ1) is 7.72. The summed E-state index contributed by atoms with van der Waals surface area (Å²) < 4.78 is 1.89. The summed E-state index contributed by atoms with van der Waals surface area (Å²) >= 11 is 5.83. The summed E-state index contributed by atoms with van der Waals surface area (Å²) in [4.78, 5) is 4.16. The number of aliphatic hydroxyl groups excluding tert-OH is 1. The molecular weight excluding hydrogens is 228 g/mol. The maximum atomic E-state index is 8.73. The van der Waals surface area contributed by atoms with Crippen molar-refractivity contribution in [1.82, 2.24) is 19.6 Å². The molecule has 2 aromatic heterocycles. The minimum atomic E-state index is 0.208. The van der Waals surface area contributed by atoms with Gasteiger partial charge in [-0.1, -0.05) is 11.6 Å². The number of fused-ring (bicyclic) bond motifs is 1. The van der Waals surface area contributed by atoms with E-state index in [0.29, 0.717) is 5.15 Å². The topological polar surface area (TPSA) is 63.3 Å². The third-order valence-corrected chi connectivity index (χ3v) is 2.60. The normalized spacial score (nSPS) is 11.2. The van der Waals surface area contributed by atoms with E-state index in [9.17, 15) is 0 Å². The number of aromatic nitrogens is 4. The molecule has 0 spiro atoms. The fourth-order valence-electron chi connectivity index (χ4n) is 1.68. The molecule has 2 heterocycles. The minimum Gasteiger partial charge on any atom is -0.396 e. The van der Waals surface area contributed by atoms with Gasteiger partial charge < -0.3 is 5.11 Å². The second-order valence-electron chi connectivity index (χ2n) is 3.62. The second-order valence-corrected chi connectivity index (χ2v) is 4.00. The van der Waals surface area contributed by atoms with Crippen LogP contribution in [0.4, 0.5) is 0 Å². The number of halogens is 1. The standard InChI is InChI=1S/C10H13ClN4O/c1-7-12-8(11)6-10-14-13-9(15(7)10)4-2-3-5-16/h6,16H,2-5H2,1H3. The van der Waals surface area contributed by atoms with E-state index in [1.165, 1.54) is 0 Å². The average Bonchev–Trinajstić information content (AvgIpc) is 2.62. The quantitative estimate of drug-likeness (QED) is 0.648. The van der Waals surface area contributed by atoms with Crippen LogP contribution in [0.15, 0.2) is 6.07 Å². The van der Waals surface area contributed by atoms with E-state index < -0.39 is 0 Å². The highest BCUT2D eigenvalue weighted by Gasteiger charge is 2.09. The van der Waals surface area contributed by atoms with E-state index in [1.54, 1.807) is 6.07 Å². The highest BCUT2D eigenvalue weighted by atomic mass is 35.5. The zero-order chi connectivity index (χ0) is 11.5. The van der Waals surface area contributed by atoms with Crippen LogP contribution in [-0.2, 0) is 6.42 Å². The van der Waals surface area contributed by atoms with Crippen molar-refractivity contribution in [1.29, 1.82) is 0 Å². The molecule has 0 saturated heterocycles. The molecule has 0 radical (unpaired) electrons. The van der Waals surface area contributed by atoms with Crippen molar-refractivity contribution < 1.29 is 5.11 Å². The Kier molecular flexibility index (Phi) is 3.36. The summed E-state index contributed by atoms with van der Waals surface area (Å²) in [7, 11) is 0. The van der Waals surface area contributed by atoms with E-state index in [1.807, 2.05) is 11.3 Å². The third kappa shape index (κ3) is 2.15. The van der Waals surface area contributed by atoms with Crippen LogP contribution < -0.4 is 0 Å². The summed E-state index contributed by atoms with van der Waals surface area (Å²) in [6, 6.07) is 1.69. The highest BCUT2D eigenvalue weighted by molar-refractivity contribution is 6.29. The van der Waals surface area contributed by atoms with E-state index >= 15 is 0 Å². The van der Waals surface area contributed by atoms with Crippen LogP contribution in [0.1, 0.15) is 24.5 Å². The van der Waals surface area contributed by atoms with Gasteiger partial charge in [-0.25, -0.2) is 4.98 Å². The number of aryl methyl sites for hydroxylation is 2. The molecule has 0 bridgehead atoms. The van der Waals surface area contributed by atoms with Crippen molar-refractivity contribution in [2.75, 3.05) is 6.61 Å². The summed E-state index contributed by atoms with van der Waals surface area (Å²) in [6.07, 6.45) is 2.44. The number of unbranched alkanes of at least 4 members (excludes halogenated alkanes) is 1. The summed E-state index contributed by atoms with van der Waals surface area (Å²) in [5.74, 6) is 1.65. The number of aliphatic hydroxyl groups is 1. The number of nitrogens with zero attached hydrogens (tertiary/aromatic N) is 4. The molecule has 0 atom stereocenters. The average molecular weight is 241 g/mol. The van der Waals surface area contributed by atoms with Crippen LogP contribution in [0.3, 0.4) is 0 Å². The largest absolute Gasteiger partial charge is 0.396 e. The Morgan fingerprint density at radius 1 is 1.38 bits per heavy atom. The van der Waals surface area contributed by atoms with Gasteiger partial charge >= 0.3 is 0 Å². The fraction of sp³-hybridized carbons (Fsp3) is 0.500. The van der Waals surface area contributed by atoms with Gasteiger partial charge in [-0.3, -0.25) is 4.40 Å². The van der Waals surface area contributed by atoms with Crippen molar-refractivity contribution >= 4 is 17.2 Å². The first kappa shape index (κ1) is 11.3. The Balaban J connectivity index is 2.33. The molecule has 1 N–H and O–H groups in total. The van der Waals surface area contributed by atoms with Crippen LogP contribution in [0.25, 0.3) is 5.65 Å². The lowest BCUT2D eigenvalue weighted by Gasteiger charge is -2.02. The van der Waals surface area contributed by atoms with Crippen molar-refractivity contribution in [3.63, 3.8) is 0 Å². The molecule has 6 heteroatoms. The van der Waals surface area contributed by atoms with Crippen LogP contribution in [0.2, 0.25) is 5.15 Å². The van der Waals surface area contributed by atoms with Crippen molar-refractivity contribution in [2.45, 2.75) is 26.2 Å². The lowest BCUT2D eigenvalue weighted by atomic mass is 10.2. The predicted molar refractivity (Wildman–Crippen MR) is 60.6 cm³/mol. The molecule has 86 valence electrons. The molecule has 0 unspecified atom stereocenters. The molecule has 0 saturated carbocycles. The van der Waals surface area contributed by atoms with Gasteiger partial charge in [-0.15, -0.1) is 10.2 Å². The van der Waals surface area contributed by atoms with Gasteiger partial charge in [0.1, 0.15) is 16.8 Å². The van der Waals surface area contributed by atoms with Crippen LogP contribution in [0, 0.1) is 6.92 Å². The maximum Gasteiger partial charge on any atom is 0.165 e. The molecule has 2 rings (SSSR count). The minimum absolute atomic E-state index is 0.208. The van der Waals surface area contributed by atoms with Gasteiger partial charge in [0.15, 0.2) is 5.65 Å². The first-order valence-electron chi connectivity index (χ1n) is 5.20. The van der Waals surface area contributed by atoms with Crippen LogP contribution >= 0.6 is 11.6 Å². The van der Waals surface area contributed by atoms with Gasteiger partial charge in [0.2, 0.25) is 0 Å². The lowest BCUT2D eigenvalue weighted by Crippen LogP contribution is -2.01. The van der Waals surface area contributed by atoms with Crippen molar-refractivity contribution in [3.8, 4) is 0 Å². The summed E-state index contributed by atoms with van der Waals surface area (Å²) in [5, 5.41) is 17.3. The van der Waals surface area contributed by atoms with Gasteiger partial charge in [0.05, 0.1) is 0 Å². The summed E-state index contributed by atoms with van der Waals surface area (Å²) in [5.41, 5.74) is 0.719. The zero-order valence-corrected chi connectivity index (χ0v) is 9.78. The summed E-state index contributed by atoms with van der Waals surface area (Å²) in [6.45, 7) is 2.08. The van der Waals surface area contributed by atoms with Crippen molar-refractivity contribution in [3.05, 3.63) is 22.9 Å². The van der Waals surface area contributed by atoms with Crippen LogP contribution in [0.5, 0.6) is 0 Å². The van der Waals surface area contributed by atoms with Gasteiger partial charge in [-0.05, 0) is 19.8 Å². The Labute approximate surface area is 98.1 Å². The predicted octanol–water partition coefficient (Wildman–Crippen LogP) is 1.40. The molecule has 0 fully saturated rings. The smallest absolute Gasteiger partial charge is 0.165 e. The molecule has 2 aromatic rings. The zero-order valence-electron chi connectivity index (χ0n) is 9.02. The SMILES string of the molecule is Cc1nc(Cl)cc2nnc(CCCCO)n12.